The standard InChI is InChI=1S/C11H10N2O4S2/c14-9(13-17-4-10(15)16)3-8-6-19-11(12-8)7-1-2-18-5-7/h1-2,5-6H,3-4H2,(H,13,14)(H,15,16). The minimum atomic E-state index is -1.14. The molecule has 8 heteroatoms. The van der Waals surface area contributed by atoms with Crippen LogP contribution >= 0.6 is 22.7 Å². The summed E-state index contributed by atoms with van der Waals surface area (Å²) >= 11 is 3.04. The quantitative estimate of drug-likeness (QED) is 0.790. The highest BCUT2D eigenvalue weighted by Gasteiger charge is 2.09. The highest BCUT2D eigenvalue weighted by atomic mass is 32.1. The molecular weight excluding hydrogens is 288 g/mol. The van der Waals surface area contributed by atoms with Crippen LogP contribution in [0.5, 0.6) is 0 Å². The Hall–Kier alpha value is -1.77. The van der Waals surface area contributed by atoms with E-state index in [9.17, 15) is 9.59 Å². The molecule has 2 rings (SSSR count). The van der Waals surface area contributed by atoms with Crippen LogP contribution in [0.2, 0.25) is 0 Å². The molecule has 0 atom stereocenters. The van der Waals surface area contributed by atoms with Gasteiger partial charge in [-0.05, 0) is 11.4 Å². The van der Waals surface area contributed by atoms with Crippen LogP contribution in [0.15, 0.2) is 22.2 Å². The second-order valence-corrected chi connectivity index (χ2v) is 5.18. The van der Waals surface area contributed by atoms with Crippen molar-refractivity contribution in [1.82, 2.24) is 10.5 Å². The Balaban J connectivity index is 1.86. The number of carboxylic acids is 1. The third kappa shape index (κ3) is 4.12. The van der Waals surface area contributed by atoms with Gasteiger partial charge in [-0.15, -0.1) is 11.3 Å². The molecule has 2 aromatic heterocycles. The summed E-state index contributed by atoms with van der Waals surface area (Å²) in [4.78, 5) is 30.4. The Labute approximate surface area is 116 Å². The Morgan fingerprint density at radius 2 is 2.26 bits per heavy atom. The van der Waals surface area contributed by atoms with Crippen molar-refractivity contribution in [1.29, 1.82) is 0 Å². The Bertz CT molecular complexity index is 565. The van der Waals surface area contributed by atoms with Gasteiger partial charge in [-0.2, -0.15) is 11.3 Å². The van der Waals surface area contributed by atoms with E-state index >= 15 is 0 Å². The van der Waals surface area contributed by atoms with Crippen LogP contribution in [0.25, 0.3) is 10.6 Å². The first-order valence-electron chi connectivity index (χ1n) is 5.24. The van der Waals surface area contributed by atoms with Crippen LogP contribution in [0.4, 0.5) is 0 Å². The predicted octanol–water partition coefficient (Wildman–Crippen LogP) is 1.55. The summed E-state index contributed by atoms with van der Waals surface area (Å²) < 4.78 is 0. The number of nitrogens with one attached hydrogen (secondary N) is 1. The second-order valence-electron chi connectivity index (χ2n) is 3.54. The molecule has 0 unspecified atom stereocenters. The maximum absolute atomic E-state index is 11.4. The molecule has 0 aromatic carbocycles. The van der Waals surface area contributed by atoms with Gasteiger partial charge in [0.1, 0.15) is 5.01 Å². The van der Waals surface area contributed by atoms with Crippen LogP contribution in [0.1, 0.15) is 5.69 Å². The zero-order valence-corrected chi connectivity index (χ0v) is 11.3. The number of carbonyl (C=O) groups excluding carboxylic acids is 1. The molecule has 0 radical (unpaired) electrons. The lowest BCUT2D eigenvalue weighted by atomic mass is 10.3. The monoisotopic (exact) mass is 298 g/mol. The van der Waals surface area contributed by atoms with Crippen molar-refractivity contribution in [3.8, 4) is 10.6 Å². The van der Waals surface area contributed by atoms with Crippen molar-refractivity contribution in [2.24, 2.45) is 0 Å². The molecule has 0 aliphatic heterocycles. The molecule has 0 fully saturated rings. The van der Waals surface area contributed by atoms with Gasteiger partial charge in [0, 0.05) is 16.3 Å². The lowest BCUT2D eigenvalue weighted by Crippen LogP contribution is -2.28. The van der Waals surface area contributed by atoms with E-state index in [1.807, 2.05) is 16.8 Å². The number of nitrogens with zero attached hydrogens (tertiary/aromatic N) is 1. The van der Waals surface area contributed by atoms with Gasteiger partial charge >= 0.3 is 5.97 Å². The van der Waals surface area contributed by atoms with Crippen LogP contribution < -0.4 is 5.48 Å². The van der Waals surface area contributed by atoms with E-state index in [1.165, 1.54) is 11.3 Å². The van der Waals surface area contributed by atoms with Crippen molar-refractivity contribution in [3.05, 3.63) is 27.9 Å². The third-order valence-electron chi connectivity index (χ3n) is 2.04. The Morgan fingerprint density at radius 3 is 2.95 bits per heavy atom. The normalized spacial score (nSPS) is 10.3. The fourth-order valence-electron chi connectivity index (χ4n) is 1.29. The first kappa shape index (κ1) is 13.7. The number of amides is 1. The number of rotatable bonds is 6. The number of carboxylic acid groups (broad SMARTS) is 1. The van der Waals surface area contributed by atoms with Crippen LogP contribution in [0.3, 0.4) is 0 Å². The maximum atomic E-state index is 11.4. The van der Waals surface area contributed by atoms with E-state index in [2.05, 4.69) is 15.3 Å². The van der Waals surface area contributed by atoms with Gasteiger partial charge in [0.25, 0.3) is 0 Å². The summed E-state index contributed by atoms with van der Waals surface area (Å²) in [5, 5.41) is 14.9. The highest BCUT2D eigenvalue weighted by molar-refractivity contribution is 7.14. The molecule has 0 aliphatic rings. The van der Waals surface area contributed by atoms with Gasteiger partial charge in [-0.1, -0.05) is 0 Å². The van der Waals surface area contributed by atoms with E-state index in [0.717, 1.165) is 10.6 Å². The summed E-state index contributed by atoms with van der Waals surface area (Å²) in [6.07, 6.45) is 0.0558. The second kappa shape index (κ2) is 6.41. The van der Waals surface area contributed by atoms with E-state index in [4.69, 9.17) is 5.11 Å². The van der Waals surface area contributed by atoms with E-state index < -0.39 is 18.5 Å². The largest absolute Gasteiger partial charge is 0.479 e. The number of aliphatic carboxylic acids is 1. The van der Waals surface area contributed by atoms with Crippen LogP contribution in [0, 0.1) is 0 Å². The number of aromatic nitrogens is 1. The fourth-order valence-corrected chi connectivity index (χ4v) is 2.82. The Kier molecular flexibility index (Phi) is 4.61. The first-order chi connectivity index (χ1) is 9.15. The predicted molar refractivity (Wildman–Crippen MR) is 70.9 cm³/mol. The van der Waals surface area contributed by atoms with Crippen molar-refractivity contribution in [2.45, 2.75) is 6.42 Å². The molecule has 2 N–H and O–H groups in total. The summed E-state index contributed by atoms with van der Waals surface area (Å²) in [7, 11) is 0. The molecule has 2 aromatic rings. The van der Waals surface area contributed by atoms with Gasteiger partial charge in [-0.3, -0.25) is 9.63 Å². The summed E-state index contributed by atoms with van der Waals surface area (Å²) in [5.41, 5.74) is 3.71. The smallest absolute Gasteiger partial charge is 0.332 e. The number of carbonyl (C=O) groups is 2. The van der Waals surface area contributed by atoms with E-state index in [1.54, 1.807) is 16.7 Å². The molecule has 2 heterocycles. The molecule has 0 saturated heterocycles. The third-order valence-corrected chi connectivity index (χ3v) is 3.67. The van der Waals surface area contributed by atoms with Crippen molar-refractivity contribution in [3.63, 3.8) is 0 Å². The van der Waals surface area contributed by atoms with Crippen LogP contribution in [-0.2, 0) is 20.8 Å². The first-order valence-corrected chi connectivity index (χ1v) is 7.07. The number of thiophene rings is 1. The van der Waals surface area contributed by atoms with Crippen molar-refractivity contribution < 1.29 is 19.5 Å². The SMILES string of the molecule is O=C(O)CONC(=O)Cc1csc(-c2ccsc2)n1. The van der Waals surface area contributed by atoms with Gasteiger partial charge in [0.15, 0.2) is 6.61 Å². The zero-order chi connectivity index (χ0) is 13.7. The van der Waals surface area contributed by atoms with Crippen molar-refractivity contribution >= 4 is 34.6 Å². The molecule has 0 bridgehead atoms. The maximum Gasteiger partial charge on any atom is 0.332 e. The number of thiazole rings is 1. The lowest BCUT2D eigenvalue weighted by Gasteiger charge is -2.01. The molecular formula is C11H10N2O4S2. The molecule has 0 saturated carbocycles. The fraction of sp³-hybridized carbons (Fsp3) is 0.182. The van der Waals surface area contributed by atoms with Crippen molar-refractivity contribution in [2.75, 3.05) is 6.61 Å². The van der Waals surface area contributed by atoms with E-state index in [-0.39, 0.29) is 6.42 Å². The van der Waals surface area contributed by atoms with Gasteiger partial charge in [0.2, 0.25) is 5.91 Å². The topological polar surface area (TPSA) is 88.5 Å². The minimum absolute atomic E-state index is 0.0558. The Morgan fingerprint density at radius 1 is 1.42 bits per heavy atom. The van der Waals surface area contributed by atoms with Gasteiger partial charge in [-0.25, -0.2) is 15.3 Å². The molecule has 19 heavy (non-hydrogen) atoms. The summed E-state index contributed by atoms with van der Waals surface area (Å²) in [6, 6.07) is 1.96. The highest BCUT2D eigenvalue weighted by Crippen LogP contribution is 2.25. The number of hydroxylamine groups is 1. The average molecular weight is 298 g/mol. The molecule has 0 spiro atoms. The lowest BCUT2D eigenvalue weighted by molar-refractivity contribution is -0.149. The molecule has 100 valence electrons. The molecule has 0 aliphatic carbocycles. The molecule has 6 nitrogen and oxygen atoms in total. The van der Waals surface area contributed by atoms with Gasteiger partial charge < -0.3 is 5.11 Å². The average Bonchev–Trinajstić information content (AvgIpc) is 2.97. The summed E-state index contributed by atoms with van der Waals surface area (Å²) in [5.74, 6) is -1.57. The zero-order valence-electron chi connectivity index (χ0n) is 9.66. The number of hydrogen-bond donors (Lipinski definition) is 2. The van der Waals surface area contributed by atoms with E-state index in [0.29, 0.717) is 5.69 Å². The summed E-state index contributed by atoms with van der Waals surface area (Å²) in [6.45, 7) is -0.567. The minimum Gasteiger partial charge on any atom is -0.479 e. The van der Waals surface area contributed by atoms with Gasteiger partial charge in [0.05, 0.1) is 12.1 Å². The van der Waals surface area contributed by atoms with Crippen LogP contribution in [-0.4, -0.2) is 28.6 Å². The number of hydrogen-bond acceptors (Lipinski definition) is 6. The molecule has 1 amide bonds.